The molecule has 0 bridgehead atoms. The van der Waals surface area contributed by atoms with Gasteiger partial charge >= 0.3 is 0 Å². The van der Waals surface area contributed by atoms with Gasteiger partial charge in [0.15, 0.2) is 0 Å². The van der Waals surface area contributed by atoms with Crippen LogP contribution in [0.15, 0.2) is 40.3 Å². The van der Waals surface area contributed by atoms with Crippen LogP contribution in [0.25, 0.3) is 0 Å². The third-order valence-corrected chi connectivity index (χ3v) is 4.84. The summed E-state index contributed by atoms with van der Waals surface area (Å²) in [4.78, 5) is 14.8. The molecule has 0 saturated heterocycles. The third kappa shape index (κ3) is 6.09. The van der Waals surface area contributed by atoms with Gasteiger partial charge in [-0.2, -0.15) is 0 Å². The molecule has 2 rings (SSSR count). The molecular weight excluding hydrogens is 354 g/mol. The SMILES string of the molecule is C/C(=N\c1c(C(C)C)cccc1C(C)C)c1cc(C)cc(/C(C)=N/C(C)(C)C)n1. The number of aromatic nitrogens is 1. The topological polar surface area (TPSA) is 37.6 Å². The van der Waals surface area contributed by atoms with Gasteiger partial charge in [0.1, 0.15) is 0 Å². The highest BCUT2D eigenvalue weighted by atomic mass is 14.9. The Morgan fingerprint density at radius 3 is 1.79 bits per heavy atom. The highest BCUT2D eigenvalue weighted by Crippen LogP contribution is 2.35. The molecule has 29 heavy (non-hydrogen) atoms. The number of para-hydroxylation sites is 1. The monoisotopic (exact) mass is 391 g/mol. The molecule has 0 radical (unpaired) electrons. The number of aliphatic imine (C=N–C) groups is 2. The molecule has 0 atom stereocenters. The zero-order chi connectivity index (χ0) is 21.9. The summed E-state index contributed by atoms with van der Waals surface area (Å²) in [6, 6.07) is 10.7. The average molecular weight is 392 g/mol. The molecule has 3 nitrogen and oxygen atoms in total. The normalized spacial score (nSPS) is 13.5. The van der Waals surface area contributed by atoms with Crippen LogP contribution in [0.5, 0.6) is 0 Å². The Morgan fingerprint density at radius 1 is 0.862 bits per heavy atom. The van der Waals surface area contributed by atoms with Crippen molar-refractivity contribution in [2.45, 2.75) is 86.6 Å². The van der Waals surface area contributed by atoms with E-state index in [1.807, 2.05) is 6.92 Å². The lowest BCUT2D eigenvalue weighted by atomic mass is 9.93. The van der Waals surface area contributed by atoms with Gasteiger partial charge in [0.25, 0.3) is 0 Å². The predicted octanol–water partition coefficient (Wildman–Crippen LogP) is 7.39. The van der Waals surface area contributed by atoms with Gasteiger partial charge in [0.2, 0.25) is 0 Å². The second-order valence-electron chi connectivity index (χ2n) is 9.57. The van der Waals surface area contributed by atoms with Crippen molar-refractivity contribution in [3.05, 3.63) is 58.4 Å². The van der Waals surface area contributed by atoms with Crippen LogP contribution in [0.4, 0.5) is 5.69 Å². The molecule has 156 valence electrons. The second-order valence-corrected chi connectivity index (χ2v) is 9.57. The van der Waals surface area contributed by atoms with Crippen LogP contribution < -0.4 is 0 Å². The predicted molar refractivity (Wildman–Crippen MR) is 127 cm³/mol. The maximum Gasteiger partial charge on any atom is 0.0852 e. The lowest BCUT2D eigenvalue weighted by Gasteiger charge is -2.17. The molecule has 0 unspecified atom stereocenters. The Bertz CT molecular complexity index is 899. The van der Waals surface area contributed by atoms with Gasteiger partial charge in [-0.05, 0) is 82.2 Å². The molecule has 0 aliphatic heterocycles. The molecule has 0 spiro atoms. The fourth-order valence-corrected chi connectivity index (χ4v) is 3.46. The highest BCUT2D eigenvalue weighted by molar-refractivity contribution is 6.02. The van der Waals surface area contributed by atoms with Gasteiger partial charge in [-0.3, -0.25) is 9.98 Å². The first-order chi connectivity index (χ1) is 13.4. The van der Waals surface area contributed by atoms with Gasteiger partial charge < -0.3 is 0 Å². The summed E-state index contributed by atoms with van der Waals surface area (Å²) >= 11 is 0. The van der Waals surface area contributed by atoms with Crippen LogP contribution in [0, 0.1) is 6.92 Å². The van der Waals surface area contributed by atoms with Gasteiger partial charge in [0.05, 0.1) is 34.0 Å². The Morgan fingerprint density at radius 2 is 1.34 bits per heavy atom. The molecule has 3 heteroatoms. The van der Waals surface area contributed by atoms with E-state index in [0.717, 1.165) is 28.5 Å². The molecule has 0 aliphatic carbocycles. The molecule has 0 saturated carbocycles. The molecule has 1 aromatic heterocycles. The van der Waals surface area contributed by atoms with Crippen molar-refractivity contribution in [2.75, 3.05) is 0 Å². The summed E-state index contributed by atoms with van der Waals surface area (Å²) in [5, 5.41) is 0. The lowest BCUT2D eigenvalue weighted by molar-refractivity contribution is 0.583. The minimum Gasteiger partial charge on any atom is -0.282 e. The minimum atomic E-state index is -0.124. The summed E-state index contributed by atoms with van der Waals surface area (Å²) in [5.74, 6) is 0.838. The van der Waals surface area contributed by atoms with Crippen molar-refractivity contribution in [1.29, 1.82) is 0 Å². The van der Waals surface area contributed by atoms with E-state index in [0.29, 0.717) is 11.8 Å². The van der Waals surface area contributed by atoms with Crippen molar-refractivity contribution in [3.8, 4) is 0 Å². The van der Waals surface area contributed by atoms with Crippen LogP contribution in [-0.2, 0) is 0 Å². The first kappa shape index (κ1) is 23.0. The van der Waals surface area contributed by atoms with Crippen LogP contribution >= 0.6 is 0 Å². The maximum absolute atomic E-state index is 5.10. The number of benzene rings is 1. The average Bonchev–Trinajstić information content (AvgIpc) is 2.59. The van der Waals surface area contributed by atoms with Gasteiger partial charge in [-0.1, -0.05) is 45.9 Å². The summed E-state index contributed by atoms with van der Waals surface area (Å²) in [7, 11) is 0. The maximum atomic E-state index is 5.10. The highest BCUT2D eigenvalue weighted by Gasteiger charge is 2.15. The van der Waals surface area contributed by atoms with Crippen LogP contribution in [0.1, 0.15) is 102 Å². The standard InChI is InChI=1S/C26H37N3/c1-16(2)21-12-11-13-22(17(3)4)25(21)27-19(6)23-14-18(5)15-24(28-23)20(7)29-26(8,9)10/h11-17H,1-10H3/b27-19+,29-20+. The van der Waals surface area contributed by atoms with E-state index in [1.165, 1.54) is 16.7 Å². The first-order valence-corrected chi connectivity index (χ1v) is 10.6. The van der Waals surface area contributed by atoms with Crippen LogP contribution in [-0.4, -0.2) is 21.9 Å². The van der Waals surface area contributed by atoms with E-state index >= 15 is 0 Å². The van der Waals surface area contributed by atoms with Crippen LogP contribution in [0.2, 0.25) is 0 Å². The molecular formula is C26H37N3. The summed E-state index contributed by atoms with van der Waals surface area (Å²) < 4.78 is 0. The number of rotatable bonds is 5. The van der Waals surface area contributed by atoms with E-state index in [4.69, 9.17) is 15.0 Å². The van der Waals surface area contributed by atoms with Gasteiger partial charge in [0, 0.05) is 0 Å². The third-order valence-electron chi connectivity index (χ3n) is 4.84. The summed E-state index contributed by atoms with van der Waals surface area (Å²) in [5.41, 5.74) is 8.45. The molecule has 0 aliphatic rings. The van der Waals surface area contributed by atoms with E-state index in [2.05, 4.69) is 92.6 Å². The molecule has 0 N–H and O–H groups in total. The Kier molecular flexibility index (Phi) is 7.15. The van der Waals surface area contributed by atoms with E-state index in [1.54, 1.807) is 0 Å². The van der Waals surface area contributed by atoms with Gasteiger partial charge in [-0.25, -0.2) is 4.98 Å². The fraction of sp³-hybridized carbons (Fsp3) is 0.500. The molecule has 1 heterocycles. The molecule has 0 amide bonds. The lowest BCUT2D eigenvalue weighted by Crippen LogP contribution is -2.15. The largest absolute Gasteiger partial charge is 0.282 e. The number of hydrogen-bond donors (Lipinski definition) is 0. The first-order valence-electron chi connectivity index (χ1n) is 10.6. The summed E-state index contributed by atoms with van der Waals surface area (Å²) in [6.45, 7) is 21.4. The van der Waals surface area contributed by atoms with Crippen molar-refractivity contribution >= 4 is 17.1 Å². The van der Waals surface area contributed by atoms with Crippen molar-refractivity contribution in [3.63, 3.8) is 0 Å². The smallest absolute Gasteiger partial charge is 0.0852 e. The van der Waals surface area contributed by atoms with Crippen molar-refractivity contribution in [2.24, 2.45) is 9.98 Å². The van der Waals surface area contributed by atoms with E-state index < -0.39 is 0 Å². The molecule has 2 aromatic rings. The summed E-state index contributed by atoms with van der Waals surface area (Å²) in [6.07, 6.45) is 0. The van der Waals surface area contributed by atoms with Crippen molar-refractivity contribution in [1.82, 2.24) is 4.98 Å². The number of hydrogen-bond acceptors (Lipinski definition) is 3. The zero-order valence-electron chi connectivity index (χ0n) is 19.9. The van der Waals surface area contributed by atoms with Gasteiger partial charge in [-0.15, -0.1) is 0 Å². The Labute approximate surface area is 177 Å². The minimum absolute atomic E-state index is 0.124. The fourth-order valence-electron chi connectivity index (χ4n) is 3.46. The molecule has 1 aromatic carbocycles. The van der Waals surface area contributed by atoms with E-state index in [-0.39, 0.29) is 5.54 Å². The number of nitrogens with zero attached hydrogens (tertiary/aromatic N) is 3. The molecule has 0 fully saturated rings. The zero-order valence-corrected chi connectivity index (χ0v) is 19.9. The quantitative estimate of drug-likeness (QED) is 0.490. The van der Waals surface area contributed by atoms with Crippen LogP contribution in [0.3, 0.4) is 0 Å². The van der Waals surface area contributed by atoms with E-state index in [9.17, 15) is 0 Å². The number of aryl methyl sites for hydroxylation is 1. The Hall–Kier alpha value is -2.29. The second kappa shape index (κ2) is 9.02. The number of pyridine rings is 1. The van der Waals surface area contributed by atoms with Crippen molar-refractivity contribution < 1.29 is 0 Å². The Balaban J connectivity index is 2.60.